The fourth-order valence-corrected chi connectivity index (χ4v) is 1.86. The molecule has 5 nitrogen and oxygen atoms in total. The minimum Gasteiger partial charge on any atom is -0.366 e. The Morgan fingerprint density at radius 2 is 2.44 bits per heavy atom. The van der Waals surface area contributed by atoms with Crippen molar-refractivity contribution in [2.45, 2.75) is 13.0 Å². The van der Waals surface area contributed by atoms with Crippen molar-refractivity contribution in [1.29, 1.82) is 0 Å². The first-order valence-corrected chi connectivity index (χ1v) is 5.41. The lowest BCUT2D eigenvalue weighted by Crippen LogP contribution is -2.49. The molecular formula is C11H16N4O. The zero-order chi connectivity index (χ0) is 11.5. The Labute approximate surface area is 94.6 Å². The van der Waals surface area contributed by atoms with E-state index >= 15 is 0 Å². The average molecular weight is 220 g/mol. The van der Waals surface area contributed by atoms with Crippen LogP contribution in [0.15, 0.2) is 18.3 Å². The van der Waals surface area contributed by atoms with E-state index in [1.807, 2.05) is 6.07 Å². The molecule has 1 saturated heterocycles. The summed E-state index contributed by atoms with van der Waals surface area (Å²) in [6, 6.07) is 4.03. The standard InChI is InChI=1S/C11H16N4O/c1-8-7-15(5-4-13-8)10-3-2-9(6-14-10)11(12)16/h2-3,6,8,13H,4-5,7H2,1H3,(H2,12,16)/t8-/m1/s1. The van der Waals surface area contributed by atoms with Crippen LogP contribution in [0.2, 0.25) is 0 Å². The number of anilines is 1. The highest BCUT2D eigenvalue weighted by atomic mass is 16.1. The lowest BCUT2D eigenvalue weighted by molar-refractivity contribution is 0.1000. The maximum atomic E-state index is 10.9. The van der Waals surface area contributed by atoms with Crippen LogP contribution in [0, 0.1) is 0 Å². The van der Waals surface area contributed by atoms with Gasteiger partial charge in [0, 0.05) is 31.9 Å². The average Bonchev–Trinajstić information content (AvgIpc) is 2.29. The molecule has 2 rings (SSSR count). The number of nitrogens with zero attached hydrogens (tertiary/aromatic N) is 2. The van der Waals surface area contributed by atoms with E-state index in [0.717, 1.165) is 25.5 Å². The number of amides is 1. The number of pyridine rings is 1. The molecular weight excluding hydrogens is 204 g/mol. The number of primary amides is 1. The number of carbonyl (C=O) groups excluding carboxylic acids is 1. The Hall–Kier alpha value is -1.62. The Balaban J connectivity index is 2.11. The molecule has 1 aromatic rings. The lowest BCUT2D eigenvalue weighted by Gasteiger charge is -2.32. The molecule has 1 amide bonds. The summed E-state index contributed by atoms with van der Waals surface area (Å²) in [5, 5.41) is 3.37. The summed E-state index contributed by atoms with van der Waals surface area (Å²) in [5.74, 6) is 0.464. The third kappa shape index (κ3) is 2.30. The van der Waals surface area contributed by atoms with Gasteiger partial charge in [-0.15, -0.1) is 0 Å². The van der Waals surface area contributed by atoms with E-state index in [9.17, 15) is 4.79 Å². The van der Waals surface area contributed by atoms with Crippen LogP contribution in [-0.2, 0) is 0 Å². The zero-order valence-electron chi connectivity index (χ0n) is 9.31. The van der Waals surface area contributed by atoms with Gasteiger partial charge in [0.05, 0.1) is 5.56 Å². The molecule has 1 aliphatic heterocycles. The first-order valence-electron chi connectivity index (χ1n) is 5.41. The van der Waals surface area contributed by atoms with Crippen LogP contribution >= 0.6 is 0 Å². The molecule has 0 unspecified atom stereocenters. The normalized spacial score (nSPS) is 20.8. The van der Waals surface area contributed by atoms with Crippen LogP contribution in [0.3, 0.4) is 0 Å². The minimum absolute atomic E-state index is 0.437. The van der Waals surface area contributed by atoms with Gasteiger partial charge in [0.25, 0.3) is 0 Å². The van der Waals surface area contributed by atoms with Crippen molar-refractivity contribution in [3.05, 3.63) is 23.9 Å². The minimum atomic E-state index is -0.437. The van der Waals surface area contributed by atoms with Crippen molar-refractivity contribution in [2.24, 2.45) is 5.73 Å². The molecule has 1 fully saturated rings. The first kappa shape index (κ1) is 10.9. The van der Waals surface area contributed by atoms with Crippen LogP contribution in [0.5, 0.6) is 0 Å². The third-order valence-electron chi connectivity index (χ3n) is 2.73. The van der Waals surface area contributed by atoms with Crippen molar-refractivity contribution in [1.82, 2.24) is 10.3 Å². The molecule has 16 heavy (non-hydrogen) atoms. The molecule has 0 aromatic carbocycles. The second kappa shape index (κ2) is 4.49. The monoisotopic (exact) mass is 220 g/mol. The number of nitrogens with one attached hydrogen (secondary N) is 1. The molecule has 0 aliphatic carbocycles. The smallest absolute Gasteiger partial charge is 0.250 e. The van der Waals surface area contributed by atoms with Crippen molar-refractivity contribution in [2.75, 3.05) is 24.5 Å². The van der Waals surface area contributed by atoms with Gasteiger partial charge in [-0.05, 0) is 19.1 Å². The van der Waals surface area contributed by atoms with E-state index in [4.69, 9.17) is 5.73 Å². The number of nitrogens with two attached hydrogens (primary N) is 1. The van der Waals surface area contributed by atoms with Gasteiger partial charge >= 0.3 is 0 Å². The van der Waals surface area contributed by atoms with Gasteiger partial charge in [-0.2, -0.15) is 0 Å². The van der Waals surface area contributed by atoms with Crippen LogP contribution in [0.4, 0.5) is 5.82 Å². The summed E-state index contributed by atoms with van der Waals surface area (Å²) < 4.78 is 0. The van der Waals surface area contributed by atoms with E-state index in [2.05, 4.69) is 22.1 Å². The predicted molar refractivity (Wildman–Crippen MR) is 62.4 cm³/mol. The molecule has 2 heterocycles. The maximum absolute atomic E-state index is 10.9. The molecule has 3 N–H and O–H groups in total. The van der Waals surface area contributed by atoms with Gasteiger partial charge in [-0.1, -0.05) is 0 Å². The van der Waals surface area contributed by atoms with E-state index in [-0.39, 0.29) is 0 Å². The molecule has 0 saturated carbocycles. The lowest BCUT2D eigenvalue weighted by atomic mass is 10.2. The van der Waals surface area contributed by atoms with Gasteiger partial charge < -0.3 is 16.0 Å². The molecule has 0 radical (unpaired) electrons. The summed E-state index contributed by atoms with van der Waals surface area (Å²) in [5.41, 5.74) is 5.61. The largest absolute Gasteiger partial charge is 0.366 e. The van der Waals surface area contributed by atoms with Gasteiger partial charge in [-0.3, -0.25) is 4.79 Å². The zero-order valence-corrected chi connectivity index (χ0v) is 9.31. The van der Waals surface area contributed by atoms with Crippen molar-refractivity contribution in [3.63, 3.8) is 0 Å². The highest BCUT2D eigenvalue weighted by molar-refractivity contribution is 5.92. The van der Waals surface area contributed by atoms with E-state index < -0.39 is 5.91 Å². The van der Waals surface area contributed by atoms with E-state index in [0.29, 0.717) is 11.6 Å². The summed E-state index contributed by atoms with van der Waals surface area (Å²) in [4.78, 5) is 17.4. The molecule has 1 atom stereocenters. The second-order valence-corrected chi connectivity index (χ2v) is 4.07. The van der Waals surface area contributed by atoms with Crippen LogP contribution in [-0.4, -0.2) is 36.6 Å². The summed E-state index contributed by atoms with van der Waals surface area (Å²) in [6.07, 6.45) is 1.53. The Kier molecular flexibility index (Phi) is 3.05. The van der Waals surface area contributed by atoms with Crippen LogP contribution in [0.1, 0.15) is 17.3 Å². The Morgan fingerprint density at radius 3 is 3.00 bits per heavy atom. The van der Waals surface area contributed by atoms with Gasteiger partial charge in [0.1, 0.15) is 5.82 Å². The third-order valence-corrected chi connectivity index (χ3v) is 2.73. The van der Waals surface area contributed by atoms with E-state index in [1.165, 1.54) is 6.20 Å². The number of rotatable bonds is 2. The molecule has 0 spiro atoms. The Morgan fingerprint density at radius 1 is 1.62 bits per heavy atom. The summed E-state index contributed by atoms with van der Waals surface area (Å²) in [7, 11) is 0. The first-order chi connectivity index (χ1) is 7.66. The fraction of sp³-hybridized carbons (Fsp3) is 0.455. The summed E-state index contributed by atoms with van der Waals surface area (Å²) in [6.45, 7) is 4.97. The predicted octanol–water partition coefficient (Wildman–Crippen LogP) is -0.0214. The highest BCUT2D eigenvalue weighted by Crippen LogP contribution is 2.13. The number of hydrogen-bond donors (Lipinski definition) is 2. The molecule has 1 aliphatic rings. The van der Waals surface area contributed by atoms with Crippen molar-refractivity contribution in [3.8, 4) is 0 Å². The van der Waals surface area contributed by atoms with Gasteiger partial charge in [0.2, 0.25) is 5.91 Å². The number of aromatic nitrogens is 1. The Bertz CT molecular complexity index is 376. The molecule has 0 bridgehead atoms. The topological polar surface area (TPSA) is 71.2 Å². The molecule has 5 heteroatoms. The highest BCUT2D eigenvalue weighted by Gasteiger charge is 2.16. The number of piperazine rings is 1. The van der Waals surface area contributed by atoms with Gasteiger partial charge in [0.15, 0.2) is 0 Å². The quantitative estimate of drug-likeness (QED) is 0.734. The number of carbonyl (C=O) groups is 1. The van der Waals surface area contributed by atoms with Crippen molar-refractivity contribution < 1.29 is 4.79 Å². The summed E-state index contributed by atoms with van der Waals surface area (Å²) >= 11 is 0. The second-order valence-electron chi connectivity index (χ2n) is 4.07. The SMILES string of the molecule is C[C@@H]1CN(c2ccc(C(N)=O)cn2)CCN1. The molecule has 86 valence electrons. The van der Waals surface area contributed by atoms with E-state index in [1.54, 1.807) is 6.07 Å². The molecule has 1 aromatic heterocycles. The van der Waals surface area contributed by atoms with Gasteiger partial charge in [-0.25, -0.2) is 4.98 Å². The maximum Gasteiger partial charge on any atom is 0.250 e. The van der Waals surface area contributed by atoms with Crippen LogP contribution in [0.25, 0.3) is 0 Å². The fourth-order valence-electron chi connectivity index (χ4n) is 1.86. The number of hydrogen-bond acceptors (Lipinski definition) is 4. The van der Waals surface area contributed by atoms with Crippen LogP contribution < -0.4 is 16.0 Å². The van der Waals surface area contributed by atoms with Crippen molar-refractivity contribution >= 4 is 11.7 Å².